The quantitative estimate of drug-likeness (QED) is 0.297. The van der Waals surface area contributed by atoms with Gasteiger partial charge in [0.25, 0.3) is 0 Å². The van der Waals surface area contributed by atoms with Crippen molar-refractivity contribution in [3.63, 3.8) is 0 Å². The molecule has 0 bridgehead atoms. The molecule has 3 rings (SSSR count). The third kappa shape index (κ3) is 7.35. The van der Waals surface area contributed by atoms with Gasteiger partial charge in [-0.15, -0.1) is 10.2 Å². The van der Waals surface area contributed by atoms with Gasteiger partial charge in [0.1, 0.15) is 0 Å². The second-order valence-electron chi connectivity index (χ2n) is 8.24. The zero-order valence-corrected chi connectivity index (χ0v) is 21.9. The Bertz CT molecular complexity index is 1220. The highest BCUT2D eigenvalue weighted by atomic mass is 32.2. The number of methoxy groups -OCH3 is 2. The minimum Gasteiger partial charge on any atom is -0.493 e. The van der Waals surface area contributed by atoms with Crippen LogP contribution in [0.3, 0.4) is 0 Å². The number of carbonyl (C=O) groups is 2. The summed E-state index contributed by atoms with van der Waals surface area (Å²) in [6.07, 6.45) is 3.12. The molecule has 2 aromatic carbocycles. The van der Waals surface area contributed by atoms with Crippen molar-refractivity contribution in [3.05, 3.63) is 65.5 Å². The maximum atomic E-state index is 12.3. The number of hydrogen-bond acceptors (Lipinski definition) is 7. The maximum Gasteiger partial charge on any atom is 0.244 e. The Morgan fingerprint density at radius 1 is 1.06 bits per heavy atom. The zero-order chi connectivity index (χ0) is 26.1. The van der Waals surface area contributed by atoms with Crippen molar-refractivity contribution in [2.45, 2.75) is 31.5 Å². The summed E-state index contributed by atoms with van der Waals surface area (Å²) in [5.74, 6) is 2.01. The van der Waals surface area contributed by atoms with Crippen LogP contribution in [-0.4, -0.2) is 46.6 Å². The lowest BCUT2D eigenvalue weighted by molar-refractivity contribution is -0.116. The molecule has 36 heavy (non-hydrogen) atoms. The van der Waals surface area contributed by atoms with Crippen molar-refractivity contribution in [1.29, 1.82) is 0 Å². The first-order chi connectivity index (χ1) is 17.3. The summed E-state index contributed by atoms with van der Waals surface area (Å²) in [4.78, 5) is 24.6. The fourth-order valence-electron chi connectivity index (χ4n) is 3.26. The van der Waals surface area contributed by atoms with Gasteiger partial charge in [0.05, 0.1) is 26.5 Å². The molecule has 0 saturated carbocycles. The van der Waals surface area contributed by atoms with Crippen LogP contribution in [0.15, 0.2) is 53.7 Å². The molecule has 1 aromatic heterocycles. The molecule has 9 nitrogen and oxygen atoms in total. The Hall–Kier alpha value is -3.79. The molecule has 0 spiro atoms. The third-order valence-corrected chi connectivity index (χ3v) is 6.39. The average Bonchev–Trinajstić information content (AvgIpc) is 3.24. The van der Waals surface area contributed by atoms with E-state index in [1.165, 1.54) is 23.4 Å². The molecular formula is C26H31N5O4S. The van der Waals surface area contributed by atoms with Crippen molar-refractivity contribution in [1.82, 2.24) is 20.1 Å². The van der Waals surface area contributed by atoms with E-state index in [0.29, 0.717) is 28.4 Å². The molecule has 0 fully saturated rings. The van der Waals surface area contributed by atoms with E-state index < -0.39 is 0 Å². The van der Waals surface area contributed by atoms with Gasteiger partial charge in [-0.3, -0.25) is 9.59 Å². The lowest BCUT2D eigenvalue weighted by Crippen LogP contribution is -2.22. The number of nitrogens with zero attached hydrogens (tertiary/aromatic N) is 3. The Labute approximate surface area is 215 Å². The lowest BCUT2D eigenvalue weighted by atomic mass is 10.0. The van der Waals surface area contributed by atoms with E-state index in [4.69, 9.17) is 9.47 Å². The molecule has 0 saturated heterocycles. The van der Waals surface area contributed by atoms with Gasteiger partial charge in [0.2, 0.25) is 11.8 Å². The molecule has 0 aliphatic heterocycles. The molecule has 0 aliphatic carbocycles. The molecule has 190 valence electrons. The van der Waals surface area contributed by atoms with E-state index in [1.807, 2.05) is 30.3 Å². The van der Waals surface area contributed by atoms with E-state index in [2.05, 4.69) is 34.7 Å². The highest BCUT2D eigenvalue weighted by Gasteiger charge is 2.12. The first-order valence-electron chi connectivity index (χ1n) is 11.4. The highest BCUT2D eigenvalue weighted by Crippen LogP contribution is 2.28. The molecule has 0 atom stereocenters. The lowest BCUT2D eigenvalue weighted by Gasteiger charge is -2.08. The van der Waals surface area contributed by atoms with Gasteiger partial charge >= 0.3 is 0 Å². The van der Waals surface area contributed by atoms with Crippen LogP contribution < -0.4 is 20.1 Å². The monoisotopic (exact) mass is 509 g/mol. The number of amides is 2. The molecule has 0 unspecified atom stereocenters. The normalized spacial score (nSPS) is 11.1. The fourth-order valence-corrected chi connectivity index (χ4v) is 3.99. The molecule has 2 amide bonds. The summed E-state index contributed by atoms with van der Waals surface area (Å²) in [5.41, 5.74) is 2.78. The van der Waals surface area contributed by atoms with Gasteiger partial charge in [-0.2, -0.15) is 0 Å². The van der Waals surface area contributed by atoms with Crippen LogP contribution in [0.4, 0.5) is 5.69 Å². The number of benzene rings is 2. The van der Waals surface area contributed by atoms with Gasteiger partial charge < -0.3 is 24.7 Å². The number of anilines is 1. The summed E-state index contributed by atoms with van der Waals surface area (Å²) in [6.45, 7) is 4.46. The molecule has 2 N–H and O–H groups in total. The topological polar surface area (TPSA) is 107 Å². The largest absolute Gasteiger partial charge is 0.493 e. The number of aromatic nitrogens is 3. The summed E-state index contributed by atoms with van der Waals surface area (Å²) in [5, 5.41) is 14.5. The summed E-state index contributed by atoms with van der Waals surface area (Å²) >= 11 is 1.28. The van der Waals surface area contributed by atoms with Gasteiger partial charge in [-0.1, -0.05) is 43.8 Å². The molecule has 1 heterocycles. The maximum absolute atomic E-state index is 12.3. The first kappa shape index (κ1) is 26.8. The number of hydrogen-bond donors (Lipinski definition) is 2. The molecule has 3 aromatic rings. The second kappa shape index (κ2) is 12.8. The van der Waals surface area contributed by atoms with Gasteiger partial charge in [0, 0.05) is 18.8 Å². The smallest absolute Gasteiger partial charge is 0.244 e. The van der Waals surface area contributed by atoms with Gasteiger partial charge in [0.15, 0.2) is 22.5 Å². The Balaban J connectivity index is 1.48. The molecule has 0 aliphatic rings. The number of carbonyl (C=O) groups excluding carboxylic acids is 2. The summed E-state index contributed by atoms with van der Waals surface area (Å²) in [7, 11) is 4.92. The minimum atomic E-state index is -0.273. The number of thioether (sulfide) groups is 1. The molecule has 0 radical (unpaired) electrons. The molecule has 10 heteroatoms. The number of nitrogens with one attached hydrogen (secondary N) is 2. The van der Waals surface area contributed by atoms with Gasteiger partial charge in [-0.25, -0.2) is 0 Å². The van der Waals surface area contributed by atoms with E-state index in [9.17, 15) is 9.59 Å². The third-order valence-electron chi connectivity index (χ3n) is 5.37. The van der Waals surface area contributed by atoms with Crippen LogP contribution in [0.2, 0.25) is 0 Å². The Morgan fingerprint density at radius 2 is 1.78 bits per heavy atom. The minimum absolute atomic E-state index is 0.129. The van der Waals surface area contributed by atoms with Crippen LogP contribution >= 0.6 is 11.8 Å². The van der Waals surface area contributed by atoms with Gasteiger partial charge in [-0.05, 0) is 47.4 Å². The Morgan fingerprint density at radius 3 is 2.44 bits per heavy atom. The van der Waals surface area contributed by atoms with Crippen molar-refractivity contribution in [2.24, 2.45) is 7.05 Å². The molecular weight excluding hydrogens is 478 g/mol. The summed E-state index contributed by atoms with van der Waals surface area (Å²) < 4.78 is 12.3. The van der Waals surface area contributed by atoms with E-state index in [0.717, 1.165) is 11.3 Å². The average molecular weight is 510 g/mol. The van der Waals surface area contributed by atoms with Crippen molar-refractivity contribution >= 4 is 35.3 Å². The number of ether oxygens (including phenoxy) is 2. The van der Waals surface area contributed by atoms with E-state index in [1.54, 1.807) is 44.0 Å². The number of rotatable bonds is 11. The standard InChI is InChI=1S/C26H31N5O4S/c1-17(2)19-8-10-20(11-9-19)28-25(33)16-36-26-30-29-23(31(26)3)15-27-24(32)13-7-18-6-12-21(34-4)22(14-18)35-5/h6-14,17H,15-16H2,1-5H3,(H,27,32)(H,28,33). The van der Waals surface area contributed by atoms with Crippen LogP contribution in [-0.2, 0) is 23.2 Å². The van der Waals surface area contributed by atoms with E-state index in [-0.39, 0.29) is 24.1 Å². The fraction of sp³-hybridized carbons (Fsp3) is 0.308. The van der Waals surface area contributed by atoms with Crippen LogP contribution in [0.5, 0.6) is 11.5 Å². The predicted octanol–water partition coefficient (Wildman–Crippen LogP) is 4.02. The van der Waals surface area contributed by atoms with Crippen LogP contribution in [0, 0.1) is 0 Å². The Kier molecular flexibility index (Phi) is 9.52. The van der Waals surface area contributed by atoms with Crippen molar-refractivity contribution in [2.75, 3.05) is 25.3 Å². The van der Waals surface area contributed by atoms with Crippen molar-refractivity contribution < 1.29 is 19.1 Å². The van der Waals surface area contributed by atoms with Crippen LogP contribution in [0.25, 0.3) is 6.08 Å². The van der Waals surface area contributed by atoms with E-state index >= 15 is 0 Å². The first-order valence-corrected chi connectivity index (χ1v) is 12.4. The second-order valence-corrected chi connectivity index (χ2v) is 9.18. The van der Waals surface area contributed by atoms with Crippen LogP contribution in [0.1, 0.15) is 36.7 Å². The highest BCUT2D eigenvalue weighted by molar-refractivity contribution is 7.99. The zero-order valence-electron chi connectivity index (χ0n) is 21.1. The van der Waals surface area contributed by atoms with Crippen molar-refractivity contribution in [3.8, 4) is 11.5 Å². The SMILES string of the molecule is COc1ccc(C=CC(=O)NCc2nnc(SCC(=O)Nc3ccc(C(C)C)cc3)n2C)cc1OC. The summed E-state index contributed by atoms with van der Waals surface area (Å²) in [6, 6.07) is 13.2. The predicted molar refractivity (Wildman–Crippen MR) is 141 cm³/mol.